The van der Waals surface area contributed by atoms with Gasteiger partial charge in [0.25, 0.3) is 0 Å². The predicted molar refractivity (Wildman–Crippen MR) is 55.0 cm³/mol. The molecule has 0 radical (unpaired) electrons. The van der Waals surface area contributed by atoms with Crippen molar-refractivity contribution in [1.82, 2.24) is 0 Å². The van der Waals surface area contributed by atoms with Crippen molar-refractivity contribution in [2.75, 3.05) is 6.61 Å². The summed E-state index contributed by atoms with van der Waals surface area (Å²) in [7, 11) is 0. The van der Waals surface area contributed by atoms with Gasteiger partial charge in [0.2, 0.25) is 0 Å². The van der Waals surface area contributed by atoms with Crippen LogP contribution in [0.2, 0.25) is 0 Å². The molecule has 0 aliphatic carbocycles. The number of rotatable bonds is 2. The van der Waals surface area contributed by atoms with Gasteiger partial charge in [0.05, 0.1) is 6.61 Å². The quantitative estimate of drug-likeness (QED) is 0.677. The summed E-state index contributed by atoms with van der Waals surface area (Å²) in [5.41, 5.74) is 1.14. The normalized spacial score (nSPS) is 9.62. The molecule has 1 N–H and O–H groups in total. The van der Waals surface area contributed by atoms with Gasteiger partial charge in [-0.3, -0.25) is 0 Å². The molecule has 0 heterocycles. The largest absolute Gasteiger partial charge is 0.395 e. The molecular weight excluding hydrogens is 160 g/mol. The van der Waals surface area contributed by atoms with E-state index >= 15 is 0 Å². The van der Waals surface area contributed by atoms with Crippen LogP contribution in [0.4, 0.5) is 0 Å². The van der Waals surface area contributed by atoms with Gasteiger partial charge in [-0.05, 0) is 17.7 Å². The number of allylic oxidation sites excluding steroid dienone is 1. The molecule has 0 atom stereocenters. The SMILES string of the molecule is OCCC#C/C=C/c1ccccc1. The molecule has 1 heteroatoms. The molecule has 13 heavy (non-hydrogen) atoms. The van der Waals surface area contributed by atoms with E-state index in [1.807, 2.05) is 36.4 Å². The summed E-state index contributed by atoms with van der Waals surface area (Å²) in [5, 5.41) is 8.46. The van der Waals surface area contributed by atoms with E-state index in [2.05, 4.69) is 11.8 Å². The third-order valence-electron chi connectivity index (χ3n) is 1.50. The van der Waals surface area contributed by atoms with Crippen LogP contribution >= 0.6 is 0 Å². The number of aliphatic hydroxyl groups excluding tert-OH is 1. The van der Waals surface area contributed by atoms with Crippen LogP contribution in [0.3, 0.4) is 0 Å². The van der Waals surface area contributed by atoms with Crippen molar-refractivity contribution in [3.63, 3.8) is 0 Å². The molecule has 0 aromatic heterocycles. The smallest absolute Gasteiger partial charge is 0.0540 e. The van der Waals surface area contributed by atoms with Crippen molar-refractivity contribution >= 4 is 6.08 Å². The average molecular weight is 172 g/mol. The molecule has 0 spiro atoms. The van der Waals surface area contributed by atoms with E-state index in [4.69, 9.17) is 5.11 Å². The monoisotopic (exact) mass is 172 g/mol. The Kier molecular flexibility index (Phi) is 4.45. The van der Waals surface area contributed by atoms with Gasteiger partial charge in [-0.2, -0.15) is 0 Å². The van der Waals surface area contributed by atoms with Crippen molar-refractivity contribution in [1.29, 1.82) is 0 Å². The summed E-state index contributed by atoms with van der Waals surface area (Å²) in [6.07, 6.45) is 4.29. The first-order valence-electron chi connectivity index (χ1n) is 4.24. The predicted octanol–water partition coefficient (Wildman–Crippen LogP) is 2.09. The molecule has 0 bridgehead atoms. The van der Waals surface area contributed by atoms with Crippen LogP contribution < -0.4 is 0 Å². The Morgan fingerprint density at radius 3 is 2.69 bits per heavy atom. The van der Waals surface area contributed by atoms with E-state index in [0.29, 0.717) is 6.42 Å². The highest BCUT2D eigenvalue weighted by molar-refractivity contribution is 5.52. The fraction of sp³-hybridized carbons (Fsp3) is 0.167. The molecule has 1 aromatic carbocycles. The Morgan fingerprint density at radius 1 is 1.23 bits per heavy atom. The highest BCUT2D eigenvalue weighted by atomic mass is 16.2. The lowest BCUT2D eigenvalue weighted by molar-refractivity contribution is 0.305. The molecular formula is C12H12O. The summed E-state index contributed by atoms with van der Waals surface area (Å²) in [4.78, 5) is 0. The van der Waals surface area contributed by atoms with Gasteiger partial charge in [-0.25, -0.2) is 0 Å². The number of hydrogen-bond acceptors (Lipinski definition) is 1. The van der Waals surface area contributed by atoms with Crippen molar-refractivity contribution in [2.45, 2.75) is 6.42 Å². The Morgan fingerprint density at radius 2 is 2.00 bits per heavy atom. The van der Waals surface area contributed by atoms with E-state index in [0.717, 1.165) is 5.56 Å². The molecule has 0 amide bonds. The molecule has 0 saturated heterocycles. The maximum Gasteiger partial charge on any atom is 0.0540 e. The van der Waals surface area contributed by atoms with Crippen LogP contribution in [0.15, 0.2) is 36.4 Å². The Balaban J connectivity index is 2.47. The lowest BCUT2D eigenvalue weighted by Crippen LogP contribution is -1.74. The molecule has 1 aromatic rings. The summed E-state index contributed by atoms with van der Waals surface area (Å²) in [6, 6.07) is 9.99. The zero-order chi connectivity index (χ0) is 9.36. The van der Waals surface area contributed by atoms with Gasteiger partial charge in [0.15, 0.2) is 0 Å². The molecule has 0 saturated carbocycles. The second-order valence-electron chi connectivity index (χ2n) is 2.54. The molecule has 0 fully saturated rings. The van der Waals surface area contributed by atoms with Gasteiger partial charge in [0, 0.05) is 6.42 Å². The fourth-order valence-electron chi connectivity index (χ4n) is 0.889. The lowest BCUT2D eigenvalue weighted by Gasteiger charge is -1.87. The Labute approximate surface area is 78.7 Å². The maximum atomic E-state index is 8.46. The summed E-state index contributed by atoms with van der Waals surface area (Å²) in [5.74, 6) is 5.66. The topological polar surface area (TPSA) is 20.2 Å². The van der Waals surface area contributed by atoms with Gasteiger partial charge in [-0.1, -0.05) is 42.2 Å². The van der Waals surface area contributed by atoms with E-state index in [1.165, 1.54) is 0 Å². The second-order valence-corrected chi connectivity index (χ2v) is 2.54. The number of benzene rings is 1. The summed E-state index contributed by atoms with van der Waals surface area (Å²) >= 11 is 0. The van der Waals surface area contributed by atoms with E-state index in [1.54, 1.807) is 6.08 Å². The number of hydrogen-bond donors (Lipinski definition) is 1. The van der Waals surface area contributed by atoms with E-state index in [9.17, 15) is 0 Å². The van der Waals surface area contributed by atoms with Crippen LogP contribution in [0.25, 0.3) is 6.08 Å². The van der Waals surface area contributed by atoms with Crippen molar-refractivity contribution in [3.05, 3.63) is 42.0 Å². The third kappa shape index (κ3) is 4.15. The number of aliphatic hydroxyl groups is 1. The van der Waals surface area contributed by atoms with Gasteiger partial charge in [0.1, 0.15) is 0 Å². The van der Waals surface area contributed by atoms with Crippen LogP contribution in [0.1, 0.15) is 12.0 Å². The third-order valence-corrected chi connectivity index (χ3v) is 1.50. The Bertz CT molecular complexity index is 314. The highest BCUT2D eigenvalue weighted by Crippen LogP contribution is 1.99. The molecule has 0 unspecified atom stereocenters. The second kappa shape index (κ2) is 6.05. The van der Waals surface area contributed by atoms with Gasteiger partial charge < -0.3 is 5.11 Å². The van der Waals surface area contributed by atoms with Gasteiger partial charge >= 0.3 is 0 Å². The zero-order valence-corrected chi connectivity index (χ0v) is 7.40. The maximum absolute atomic E-state index is 8.46. The van der Waals surface area contributed by atoms with Gasteiger partial charge in [-0.15, -0.1) is 0 Å². The van der Waals surface area contributed by atoms with Crippen LogP contribution in [0, 0.1) is 11.8 Å². The first-order chi connectivity index (χ1) is 6.43. The molecule has 66 valence electrons. The average Bonchev–Trinajstić information content (AvgIpc) is 2.19. The van der Waals surface area contributed by atoms with Crippen molar-refractivity contribution in [2.24, 2.45) is 0 Å². The van der Waals surface area contributed by atoms with Crippen LogP contribution in [-0.2, 0) is 0 Å². The molecule has 1 rings (SSSR count). The summed E-state index contributed by atoms with van der Waals surface area (Å²) < 4.78 is 0. The molecule has 1 nitrogen and oxygen atoms in total. The summed E-state index contributed by atoms with van der Waals surface area (Å²) in [6.45, 7) is 0.131. The minimum atomic E-state index is 0.131. The lowest BCUT2D eigenvalue weighted by atomic mass is 10.2. The zero-order valence-electron chi connectivity index (χ0n) is 7.40. The standard InChI is InChI=1S/C12H12O/c13-11-7-2-1-4-8-12-9-5-3-6-10-12/h3-6,8-10,13H,7,11H2/b8-4+. The van der Waals surface area contributed by atoms with Crippen molar-refractivity contribution < 1.29 is 5.11 Å². The van der Waals surface area contributed by atoms with Crippen LogP contribution in [-0.4, -0.2) is 11.7 Å². The van der Waals surface area contributed by atoms with E-state index < -0.39 is 0 Å². The molecule has 0 aliphatic rings. The highest BCUT2D eigenvalue weighted by Gasteiger charge is 1.79. The minimum absolute atomic E-state index is 0.131. The minimum Gasteiger partial charge on any atom is -0.395 e. The van der Waals surface area contributed by atoms with Crippen molar-refractivity contribution in [3.8, 4) is 11.8 Å². The fourth-order valence-corrected chi connectivity index (χ4v) is 0.889. The first kappa shape index (κ1) is 9.57. The van der Waals surface area contributed by atoms with Crippen LogP contribution in [0.5, 0.6) is 0 Å². The van der Waals surface area contributed by atoms with E-state index in [-0.39, 0.29) is 6.61 Å². The molecule has 0 aliphatic heterocycles. The first-order valence-corrected chi connectivity index (χ1v) is 4.24. The Hall–Kier alpha value is -1.52.